The van der Waals surface area contributed by atoms with Crippen LogP contribution in [0.3, 0.4) is 0 Å². The maximum atomic E-state index is 12.2. The van der Waals surface area contributed by atoms with Crippen LogP contribution in [0.2, 0.25) is 0 Å². The molecule has 1 fully saturated rings. The molecule has 1 aliphatic rings. The fraction of sp³-hybridized carbons (Fsp3) is 0.500. The lowest BCUT2D eigenvalue weighted by Gasteiger charge is -2.31. The molecule has 0 bridgehead atoms. The Morgan fingerprint density at radius 3 is 2.23 bits per heavy atom. The average molecular weight is 418 g/mol. The lowest BCUT2D eigenvalue weighted by Crippen LogP contribution is -2.54. The van der Waals surface area contributed by atoms with E-state index in [-0.39, 0.29) is 23.0 Å². The van der Waals surface area contributed by atoms with Gasteiger partial charge in [-0.05, 0) is 37.1 Å². The Morgan fingerprint density at radius 2 is 1.73 bits per heavy atom. The fourth-order valence-electron chi connectivity index (χ4n) is 2.20. The van der Waals surface area contributed by atoms with Crippen molar-refractivity contribution in [2.45, 2.75) is 29.5 Å². The van der Waals surface area contributed by atoms with E-state index in [0.29, 0.717) is 26.1 Å². The number of carbonyl (C=O) groups is 1. The van der Waals surface area contributed by atoms with Crippen LogP contribution < -0.4 is 15.8 Å². The van der Waals surface area contributed by atoms with Gasteiger partial charge >= 0.3 is 6.18 Å². The monoisotopic (exact) mass is 417 g/mol. The summed E-state index contributed by atoms with van der Waals surface area (Å²) in [5, 5.41) is 2.57. The molecule has 1 aliphatic heterocycles. The van der Waals surface area contributed by atoms with Gasteiger partial charge in [-0.1, -0.05) is 0 Å². The highest BCUT2D eigenvalue weighted by Gasteiger charge is 2.36. The SMILES string of the molecule is Cl.NC1(C(=O)Nc2ccc(S(=O)(=O)NCC(F)(F)F)cc2)CCOCC1. The van der Waals surface area contributed by atoms with Crippen molar-refractivity contribution in [1.29, 1.82) is 0 Å². The van der Waals surface area contributed by atoms with Gasteiger partial charge < -0.3 is 15.8 Å². The van der Waals surface area contributed by atoms with E-state index in [1.165, 1.54) is 16.9 Å². The first-order chi connectivity index (χ1) is 11.5. The molecule has 0 saturated carbocycles. The molecule has 4 N–H and O–H groups in total. The third-order valence-corrected chi connectivity index (χ3v) is 5.14. The number of nitrogens with two attached hydrogens (primary N) is 1. The molecule has 0 aliphatic carbocycles. The van der Waals surface area contributed by atoms with Crippen molar-refractivity contribution in [3.05, 3.63) is 24.3 Å². The largest absolute Gasteiger partial charge is 0.402 e. The summed E-state index contributed by atoms with van der Waals surface area (Å²) < 4.78 is 66.5. The van der Waals surface area contributed by atoms with E-state index in [0.717, 1.165) is 12.1 Å². The van der Waals surface area contributed by atoms with E-state index in [1.807, 2.05) is 0 Å². The molecule has 1 saturated heterocycles. The molecular weight excluding hydrogens is 399 g/mol. The first-order valence-corrected chi connectivity index (χ1v) is 8.85. The van der Waals surface area contributed by atoms with Crippen LogP contribution >= 0.6 is 12.4 Å². The van der Waals surface area contributed by atoms with Crippen molar-refractivity contribution in [3.8, 4) is 0 Å². The van der Waals surface area contributed by atoms with Crippen molar-refractivity contribution >= 4 is 34.0 Å². The molecule has 0 spiro atoms. The summed E-state index contributed by atoms with van der Waals surface area (Å²) in [5.41, 5.74) is 5.24. The Hall–Kier alpha value is -1.40. The smallest absolute Gasteiger partial charge is 0.381 e. The molecule has 1 aromatic carbocycles. The van der Waals surface area contributed by atoms with E-state index in [2.05, 4.69) is 5.32 Å². The topological polar surface area (TPSA) is 111 Å². The van der Waals surface area contributed by atoms with Gasteiger partial charge in [0.1, 0.15) is 12.1 Å². The number of anilines is 1. The minimum absolute atomic E-state index is 0. The van der Waals surface area contributed by atoms with E-state index in [9.17, 15) is 26.4 Å². The Morgan fingerprint density at radius 1 is 1.19 bits per heavy atom. The van der Waals surface area contributed by atoms with Gasteiger partial charge in [0.15, 0.2) is 0 Å². The maximum absolute atomic E-state index is 12.2. The number of hydrogen-bond donors (Lipinski definition) is 3. The molecule has 1 heterocycles. The predicted octanol–water partition coefficient (Wildman–Crippen LogP) is 1.40. The van der Waals surface area contributed by atoms with Gasteiger partial charge in [-0.15, -0.1) is 12.4 Å². The lowest BCUT2D eigenvalue weighted by atomic mass is 9.90. The second-order valence-corrected chi connectivity index (χ2v) is 7.45. The van der Waals surface area contributed by atoms with E-state index in [1.54, 1.807) is 0 Å². The van der Waals surface area contributed by atoms with Crippen LogP contribution in [0.1, 0.15) is 12.8 Å². The van der Waals surface area contributed by atoms with Gasteiger partial charge in [0.05, 0.1) is 4.90 Å². The number of halogens is 4. The summed E-state index contributed by atoms with van der Waals surface area (Å²) in [7, 11) is -4.30. The molecule has 0 aromatic heterocycles. The van der Waals surface area contributed by atoms with Crippen LogP contribution in [-0.4, -0.2) is 45.8 Å². The van der Waals surface area contributed by atoms with Crippen molar-refractivity contribution in [2.75, 3.05) is 25.1 Å². The first-order valence-electron chi connectivity index (χ1n) is 7.36. The summed E-state index contributed by atoms with van der Waals surface area (Å²) >= 11 is 0. The van der Waals surface area contributed by atoms with E-state index >= 15 is 0 Å². The molecule has 26 heavy (non-hydrogen) atoms. The summed E-state index contributed by atoms with van der Waals surface area (Å²) in [6.45, 7) is -0.927. The predicted molar refractivity (Wildman–Crippen MR) is 90.5 cm³/mol. The highest BCUT2D eigenvalue weighted by atomic mass is 35.5. The molecule has 2 rings (SSSR count). The van der Waals surface area contributed by atoms with Crippen molar-refractivity contribution < 1.29 is 31.1 Å². The van der Waals surface area contributed by atoms with Crippen LogP contribution in [0.4, 0.5) is 18.9 Å². The molecule has 1 amide bonds. The summed E-state index contributed by atoms with van der Waals surface area (Å²) in [6, 6.07) is 4.76. The molecule has 0 unspecified atom stereocenters. The van der Waals surface area contributed by atoms with Crippen molar-refractivity contribution in [1.82, 2.24) is 4.72 Å². The highest BCUT2D eigenvalue weighted by Crippen LogP contribution is 2.21. The number of rotatable bonds is 5. The van der Waals surface area contributed by atoms with Crippen LogP contribution in [0.5, 0.6) is 0 Å². The fourth-order valence-corrected chi connectivity index (χ4v) is 3.21. The third kappa shape index (κ3) is 6.09. The third-order valence-electron chi connectivity index (χ3n) is 3.72. The normalized spacial score (nSPS) is 17.2. The standard InChI is InChI=1S/C14H18F3N3O4S.ClH/c15-14(16,17)9-19-25(22,23)11-3-1-10(2-4-11)20-12(21)13(18)5-7-24-8-6-13;/h1-4,19H,5-9,18H2,(H,20,21);1H. The van der Waals surface area contributed by atoms with Crippen LogP contribution in [0.25, 0.3) is 0 Å². The van der Waals surface area contributed by atoms with E-state index < -0.39 is 34.2 Å². The number of sulfonamides is 1. The lowest BCUT2D eigenvalue weighted by molar-refractivity contribution is -0.124. The van der Waals surface area contributed by atoms with Gasteiger partial charge in [0.25, 0.3) is 0 Å². The van der Waals surface area contributed by atoms with Crippen LogP contribution in [0.15, 0.2) is 29.2 Å². The summed E-state index contributed by atoms with van der Waals surface area (Å²) in [6.07, 6.45) is -3.94. The number of hydrogen-bond acceptors (Lipinski definition) is 5. The molecule has 148 valence electrons. The molecule has 1 aromatic rings. The number of carbonyl (C=O) groups excluding carboxylic acids is 1. The van der Waals surface area contributed by atoms with Gasteiger partial charge in [-0.25, -0.2) is 13.1 Å². The number of benzene rings is 1. The Labute approximate surface area is 154 Å². The zero-order valence-electron chi connectivity index (χ0n) is 13.5. The van der Waals surface area contributed by atoms with E-state index in [4.69, 9.17) is 10.5 Å². The molecule has 7 nitrogen and oxygen atoms in total. The van der Waals surface area contributed by atoms with Gasteiger partial charge in [0.2, 0.25) is 15.9 Å². The molecule has 12 heteroatoms. The Bertz CT molecular complexity index is 720. The Balaban J connectivity index is 0.00000338. The van der Waals surface area contributed by atoms with Gasteiger partial charge in [0, 0.05) is 18.9 Å². The highest BCUT2D eigenvalue weighted by molar-refractivity contribution is 7.89. The minimum atomic E-state index is -4.65. The summed E-state index contributed by atoms with van der Waals surface area (Å²) in [5.74, 6) is -0.429. The average Bonchev–Trinajstić information content (AvgIpc) is 2.54. The number of ether oxygens (including phenoxy) is 1. The number of amides is 1. The van der Waals surface area contributed by atoms with Crippen LogP contribution in [0, 0.1) is 0 Å². The van der Waals surface area contributed by atoms with Gasteiger partial charge in [-0.2, -0.15) is 13.2 Å². The zero-order valence-corrected chi connectivity index (χ0v) is 15.1. The molecule has 0 radical (unpaired) electrons. The second kappa shape index (κ2) is 8.53. The van der Waals surface area contributed by atoms with Crippen molar-refractivity contribution in [2.24, 2.45) is 5.73 Å². The Kier molecular flexibility index (Phi) is 7.42. The van der Waals surface area contributed by atoms with Gasteiger partial charge in [-0.3, -0.25) is 4.79 Å². The quantitative estimate of drug-likeness (QED) is 0.670. The number of nitrogens with one attached hydrogen (secondary N) is 2. The zero-order chi connectivity index (χ0) is 18.7. The van der Waals surface area contributed by atoms with Crippen molar-refractivity contribution in [3.63, 3.8) is 0 Å². The number of alkyl halides is 3. The molecular formula is C14H19ClF3N3O4S. The maximum Gasteiger partial charge on any atom is 0.402 e. The molecule has 0 atom stereocenters. The minimum Gasteiger partial charge on any atom is -0.381 e. The first kappa shape index (κ1) is 22.6. The summed E-state index contributed by atoms with van der Waals surface area (Å²) in [4.78, 5) is 11.9. The second-order valence-electron chi connectivity index (χ2n) is 5.69. The van der Waals surface area contributed by atoms with Crippen LogP contribution in [-0.2, 0) is 19.6 Å².